The van der Waals surface area contributed by atoms with Crippen molar-refractivity contribution < 1.29 is 4.74 Å². The van der Waals surface area contributed by atoms with Crippen molar-refractivity contribution in [3.63, 3.8) is 0 Å². The van der Waals surface area contributed by atoms with Gasteiger partial charge in [0.15, 0.2) is 0 Å². The monoisotopic (exact) mass is 374 g/mol. The number of aromatic nitrogens is 2. The Balaban J connectivity index is 2.09. The van der Waals surface area contributed by atoms with Gasteiger partial charge in [0, 0.05) is 9.30 Å². The summed E-state index contributed by atoms with van der Waals surface area (Å²) in [5, 5.41) is 0. The van der Waals surface area contributed by atoms with Crippen molar-refractivity contribution in [1.29, 1.82) is 0 Å². The zero-order valence-electron chi connectivity index (χ0n) is 11.2. The number of benzene rings is 1. The molecule has 1 heterocycles. The maximum atomic E-state index is 5.92. The molecule has 0 spiro atoms. The van der Waals surface area contributed by atoms with Crippen molar-refractivity contribution >= 4 is 41.7 Å². The molecule has 1 aromatic carbocycles. The van der Waals surface area contributed by atoms with Gasteiger partial charge in [0.1, 0.15) is 12.4 Å². The van der Waals surface area contributed by atoms with Gasteiger partial charge in [-0.05, 0) is 47.7 Å². The summed E-state index contributed by atoms with van der Waals surface area (Å²) in [6, 6.07) is 6.21. The Kier molecular flexibility index (Phi) is 4.13. The molecule has 1 N–H and O–H groups in total. The Labute approximate surface area is 122 Å². The van der Waals surface area contributed by atoms with Crippen LogP contribution < -0.4 is 0 Å². The Hall–Kier alpha value is -0.403. The fourth-order valence-corrected chi connectivity index (χ4v) is 2.63. The van der Waals surface area contributed by atoms with E-state index in [1.807, 2.05) is 6.07 Å². The van der Waals surface area contributed by atoms with E-state index in [4.69, 9.17) is 4.74 Å². The van der Waals surface area contributed by atoms with Gasteiger partial charge >= 0.3 is 0 Å². The van der Waals surface area contributed by atoms with Crippen LogP contribution in [-0.2, 0) is 11.3 Å². The summed E-state index contributed by atoms with van der Waals surface area (Å²) >= 11 is 2.31. The van der Waals surface area contributed by atoms with Crippen LogP contribution in [0, 0.1) is 3.57 Å². The number of aromatic amines is 1. The van der Waals surface area contributed by atoms with Crippen LogP contribution >= 0.6 is 22.6 Å². The van der Waals surface area contributed by atoms with Crippen molar-refractivity contribution in [2.24, 2.45) is 0 Å². The minimum absolute atomic E-state index is 0.339. The predicted octanol–water partition coefficient (Wildman–Crippen LogP) is 3.95. The summed E-state index contributed by atoms with van der Waals surface area (Å²) in [6.45, 7) is 9.69. The summed E-state index contributed by atoms with van der Waals surface area (Å²) < 4.78 is 7.13. The average molecular weight is 374 g/mol. The molecule has 0 fully saturated rings. The lowest BCUT2D eigenvalue weighted by atomic mass is 10.3. The highest BCUT2D eigenvalue weighted by atomic mass is 127. The Morgan fingerprint density at radius 3 is 2.78 bits per heavy atom. The van der Waals surface area contributed by atoms with Crippen molar-refractivity contribution in [2.75, 3.05) is 0 Å². The van der Waals surface area contributed by atoms with Crippen molar-refractivity contribution in [3.05, 3.63) is 27.6 Å². The topological polar surface area (TPSA) is 37.9 Å². The lowest BCUT2D eigenvalue weighted by Gasteiger charge is -2.24. The largest absolute Gasteiger partial charge is 0.374 e. The summed E-state index contributed by atoms with van der Waals surface area (Å²) in [5.74, 6) is 0.914. The van der Waals surface area contributed by atoms with E-state index in [1.165, 1.54) is 3.57 Å². The van der Waals surface area contributed by atoms with Crippen LogP contribution in [0.4, 0.5) is 0 Å². The molecule has 2 aromatic rings. The first-order chi connectivity index (χ1) is 8.36. The Bertz CT molecular complexity index is 547. The van der Waals surface area contributed by atoms with Gasteiger partial charge in [0.2, 0.25) is 0 Å². The third-order valence-electron chi connectivity index (χ3n) is 3.18. The maximum Gasteiger partial charge on any atom is 0.133 e. The zero-order valence-corrected chi connectivity index (χ0v) is 14.4. The van der Waals surface area contributed by atoms with E-state index in [9.17, 15) is 0 Å². The molecule has 18 heavy (non-hydrogen) atoms. The summed E-state index contributed by atoms with van der Waals surface area (Å²) in [4.78, 5) is 7.86. The highest BCUT2D eigenvalue weighted by Crippen LogP contribution is 2.17. The lowest BCUT2D eigenvalue weighted by molar-refractivity contribution is 0.0934. The van der Waals surface area contributed by atoms with E-state index in [-0.39, 0.29) is 0 Å². The second-order valence-corrected chi connectivity index (χ2v) is 12.5. The number of rotatable bonds is 4. The number of nitrogens with zero attached hydrogens (tertiary/aromatic N) is 1. The highest BCUT2D eigenvalue weighted by Gasteiger charge is 2.23. The summed E-state index contributed by atoms with van der Waals surface area (Å²) in [6.07, 6.45) is 0. The second kappa shape index (κ2) is 5.30. The molecular formula is C13H19IN2OSi. The number of ether oxygens (including phenoxy) is 1. The first-order valence-corrected chi connectivity index (χ1v) is 10.8. The average Bonchev–Trinajstić information content (AvgIpc) is 2.66. The number of hydrogen-bond donors (Lipinski definition) is 1. The van der Waals surface area contributed by atoms with E-state index in [0.717, 1.165) is 16.9 Å². The van der Waals surface area contributed by atoms with Crippen LogP contribution in [0.2, 0.25) is 19.6 Å². The summed E-state index contributed by atoms with van der Waals surface area (Å²) in [7, 11) is -1.23. The van der Waals surface area contributed by atoms with Crippen LogP contribution in [0.1, 0.15) is 12.7 Å². The standard InChI is InChI=1S/C13H19IN2OSi/c1-9(18(2,3)4)17-8-13-15-11-6-5-10(14)7-12(11)16-13/h5-7,9H,8H2,1-4H3,(H,15,16). The number of halogens is 1. The fourth-order valence-electron chi connectivity index (χ4n) is 1.56. The molecule has 0 radical (unpaired) electrons. The Morgan fingerprint density at radius 1 is 1.39 bits per heavy atom. The molecule has 1 aromatic heterocycles. The van der Waals surface area contributed by atoms with E-state index in [2.05, 4.69) is 71.3 Å². The molecule has 3 nitrogen and oxygen atoms in total. The maximum absolute atomic E-state index is 5.92. The van der Waals surface area contributed by atoms with Crippen LogP contribution in [0.15, 0.2) is 18.2 Å². The molecule has 2 rings (SSSR count). The van der Waals surface area contributed by atoms with E-state index in [1.54, 1.807) is 0 Å². The van der Waals surface area contributed by atoms with Gasteiger partial charge in [-0.25, -0.2) is 4.98 Å². The normalized spacial score (nSPS) is 14.1. The number of H-pyrrole nitrogens is 1. The van der Waals surface area contributed by atoms with Crippen molar-refractivity contribution in [2.45, 2.75) is 38.9 Å². The second-order valence-electron chi connectivity index (χ2n) is 5.66. The smallest absolute Gasteiger partial charge is 0.133 e. The molecule has 0 aliphatic carbocycles. The molecule has 1 atom stereocenters. The first kappa shape index (κ1) is 14.0. The zero-order chi connectivity index (χ0) is 13.3. The molecule has 0 aliphatic heterocycles. The molecule has 5 heteroatoms. The number of fused-ring (bicyclic) bond motifs is 1. The van der Waals surface area contributed by atoms with E-state index < -0.39 is 8.07 Å². The molecule has 0 saturated carbocycles. The minimum atomic E-state index is -1.23. The van der Waals surface area contributed by atoms with Gasteiger partial charge in [-0.1, -0.05) is 19.6 Å². The molecule has 0 bridgehead atoms. The molecule has 98 valence electrons. The third-order valence-corrected chi connectivity index (χ3v) is 6.46. The van der Waals surface area contributed by atoms with Gasteiger partial charge in [0.25, 0.3) is 0 Å². The molecule has 0 saturated heterocycles. The van der Waals surface area contributed by atoms with E-state index in [0.29, 0.717) is 12.3 Å². The predicted molar refractivity (Wildman–Crippen MR) is 86.4 cm³/mol. The van der Waals surface area contributed by atoms with Crippen LogP contribution in [0.5, 0.6) is 0 Å². The highest BCUT2D eigenvalue weighted by molar-refractivity contribution is 14.1. The number of hydrogen-bond acceptors (Lipinski definition) is 2. The van der Waals surface area contributed by atoms with Crippen LogP contribution in [0.3, 0.4) is 0 Å². The van der Waals surface area contributed by atoms with Gasteiger partial charge in [-0.2, -0.15) is 0 Å². The van der Waals surface area contributed by atoms with E-state index >= 15 is 0 Å². The number of nitrogens with one attached hydrogen (secondary N) is 1. The summed E-state index contributed by atoms with van der Waals surface area (Å²) in [5.41, 5.74) is 2.43. The van der Waals surface area contributed by atoms with Gasteiger partial charge in [0.05, 0.1) is 19.1 Å². The minimum Gasteiger partial charge on any atom is -0.374 e. The van der Waals surface area contributed by atoms with Crippen molar-refractivity contribution in [1.82, 2.24) is 9.97 Å². The molecule has 0 amide bonds. The van der Waals surface area contributed by atoms with Gasteiger partial charge < -0.3 is 9.72 Å². The van der Waals surface area contributed by atoms with Gasteiger partial charge in [-0.15, -0.1) is 0 Å². The molecule has 0 aliphatic rings. The van der Waals surface area contributed by atoms with Crippen LogP contribution in [-0.4, -0.2) is 23.8 Å². The molecular weight excluding hydrogens is 355 g/mol. The first-order valence-electron chi connectivity index (χ1n) is 6.12. The lowest BCUT2D eigenvalue weighted by Crippen LogP contribution is -2.37. The Morgan fingerprint density at radius 2 is 2.11 bits per heavy atom. The SMILES string of the molecule is CC(OCc1nc2ccc(I)cc2[nH]1)[Si](C)(C)C. The quantitative estimate of drug-likeness (QED) is 0.650. The fraction of sp³-hybridized carbons (Fsp3) is 0.462. The van der Waals surface area contributed by atoms with Crippen molar-refractivity contribution in [3.8, 4) is 0 Å². The van der Waals surface area contributed by atoms with Gasteiger partial charge in [-0.3, -0.25) is 0 Å². The number of imidazole rings is 1. The van der Waals surface area contributed by atoms with Crippen LogP contribution in [0.25, 0.3) is 11.0 Å². The third kappa shape index (κ3) is 3.33. The molecule has 1 unspecified atom stereocenters.